The molecule has 1 unspecified atom stereocenters. The Morgan fingerprint density at radius 3 is 2.54 bits per heavy atom. The van der Waals surface area contributed by atoms with E-state index in [9.17, 15) is 4.79 Å². The Kier molecular flexibility index (Phi) is 16.4. The zero-order valence-electron chi connectivity index (χ0n) is 22.3. The van der Waals surface area contributed by atoms with Gasteiger partial charge in [0.05, 0.1) is 0 Å². The van der Waals surface area contributed by atoms with E-state index in [0.29, 0.717) is 35.9 Å². The summed E-state index contributed by atoms with van der Waals surface area (Å²) in [6.07, 6.45) is 7.72. The minimum atomic E-state index is -0.124. The van der Waals surface area contributed by atoms with Crippen LogP contribution in [0, 0.1) is 26.0 Å². The van der Waals surface area contributed by atoms with Crippen LogP contribution in [0.1, 0.15) is 53.0 Å². The molecule has 2 aromatic carbocycles. The van der Waals surface area contributed by atoms with Crippen molar-refractivity contribution < 1.29 is 66.4 Å². The molecule has 192 valence electrons. The molecule has 0 bridgehead atoms. The second-order valence-electron chi connectivity index (χ2n) is 8.38. The van der Waals surface area contributed by atoms with Crippen molar-refractivity contribution in [1.29, 1.82) is 0 Å². The van der Waals surface area contributed by atoms with Crippen molar-refractivity contribution >= 4 is 18.1 Å². The first-order valence-electron chi connectivity index (χ1n) is 11.6. The molecule has 0 saturated carbocycles. The Morgan fingerprint density at radius 2 is 1.92 bits per heavy atom. The van der Waals surface area contributed by atoms with E-state index < -0.39 is 0 Å². The zero-order valence-corrected chi connectivity index (χ0v) is 25.4. The van der Waals surface area contributed by atoms with Gasteiger partial charge in [-0.15, -0.1) is 6.07 Å². The number of hydrogen-bond donors (Lipinski definition) is 1. The van der Waals surface area contributed by atoms with Gasteiger partial charge in [0.1, 0.15) is 0 Å². The summed E-state index contributed by atoms with van der Waals surface area (Å²) in [7, 11) is 3.51. The molecular weight excluding hydrogens is 489 g/mol. The molecule has 37 heavy (non-hydrogen) atoms. The average molecular weight is 525 g/mol. The van der Waals surface area contributed by atoms with E-state index >= 15 is 0 Å². The van der Waals surface area contributed by atoms with E-state index in [1.165, 1.54) is 5.56 Å². The van der Waals surface area contributed by atoms with Crippen molar-refractivity contribution in [2.24, 2.45) is 5.92 Å². The number of nitrogens with two attached hydrogens (primary N) is 1. The number of carbonyl (C=O) groups is 1. The Hall–Kier alpha value is -2.10. The van der Waals surface area contributed by atoms with Crippen molar-refractivity contribution in [1.82, 2.24) is 10.3 Å². The Bertz CT molecular complexity index is 1180. The smallest absolute Gasteiger partial charge is 0.870 e. The number of nitrogens with one attached hydrogen (secondary N) is 1. The largest absolute Gasteiger partial charge is 1.00 e. The summed E-state index contributed by atoms with van der Waals surface area (Å²) < 4.78 is 5.20. The number of benzene rings is 2. The number of amides is 1. The van der Waals surface area contributed by atoms with Crippen LogP contribution in [0.3, 0.4) is 0 Å². The quantitative estimate of drug-likeness (QED) is 0.315. The van der Waals surface area contributed by atoms with Gasteiger partial charge >= 0.3 is 51.4 Å². The minimum absolute atomic E-state index is 0. The van der Waals surface area contributed by atoms with E-state index in [1.807, 2.05) is 49.4 Å². The van der Waals surface area contributed by atoms with Crippen LogP contribution in [0.5, 0.6) is 5.75 Å². The Morgan fingerprint density at radius 1 is 1.22 bits per heavy atom. The first kappa shape index (κ1) is 34.9. The van der Waals surface area contributed by atoms with E-state index in [4.69, 9.17) is 9.72 Å². The fraction of sp³-hybridized carbons (Fsp3) is 0.233. The molecule has 0 radical (unpaired) electrons. The second kappa shape index (κ2) is 17.4. The number of hydrogen-bond acceptors (Lipinski definition) is 4. The van der Waals surface area contributed by atoms with Crippen LogP contribution < -0.4 is 61.4 Å². The summed E-state index contributed by atoms with van der Waals surface area (Å²) in [5.41, 5.74) is 6.22. The zero-order chi connectivity index (χ0) is 24.5. The molecule has 1 heterocycles. The van der Waals surface area contributed by atoms with Crippen LogP contribution in [-0.2, 0) is 6.42 Å². The van der Waals surface area contributed by atoms with Gasteiger partial charge in [-0.1, -0.05) is 92.2 Å². The third-order valence-electron chi connectivity index (χ3n) is 5.79. The summed E-state index contributed by atoms with van der Waals surface area (Å²) in [6, 6.07) is 18.6. The summed E-state index contributed by atoms with van der Waals surface area (Å²) in [5.74, 6) is 0.879. The molecule has 0 aliphatic rings. The number of aromatic nitrogens is 1. The Labute approximate surface area is 263 Å². The van der Waals surface area contributed by atoms with E-state index in [-0.39, 0.29) is 68.9 Å². The molecular formula is C30H35KN3O3-3. The van der Waals surface area contributed by atoms with Crippen LogP contribution >= 0.6 is 0 Å². The molecule has 7 heteroatoms. The summed E-state index contributed by atoms with van der Waals surface area (Å²) >= 11 is 0. The van der Waals surface area contributed by atoms with E-state index in [1.54, 1.807) is 12.1 Å². The molecule has 1 atom stereocenters. The fourth-order valence-electron chi connectivity index (χ4n) is 3.44. The number of rotatable bonds is 10. The summed E-state index contributed by atoms with van der Waals surface area (Å²) in [5, 5.41) is 2.98. The SMILES string of the molecule is C=Cc1cc(C(=O)NCCc2c[c-]c(O[CH2-])c(-c3ccc(C)cc3)n2)ccc1/C=C\C(C)CC.[K+].[NH2-].[OH-]. The van der Waals surface area contributed by atoms with Gasteiger partial charge in [0, 0.05) is 12.1 Å². The molecule has 1 amide bonds. The van der Waals surface area contributed by atoms with Gasteiger partial charge < -0.3 is 26.7 Å². The van der Waals surface area contributed by atoms with Gasteiger partial charge in [-0.3, -0.25) is 4.79 Å². The van der Waals surface area contributed by atoms with Crippen molar-refractivity contribution in [3.63, 3.8) is 0 Å². The first-order chi connectivity index (χ1) is 16.4. The standard InChI is InChI=1S/C30H32N2O2.K.H2N.H2O/c1-6-21(3)8-11-24-14-15-26(20-23(24)7-2)30(33)31-19-18-27-16-17-28(34-5)29(32-27)25-12-9-22(4)10-13-25;;;/h7-16,20-21H,2,5-6,18-19H2,1,3-4H3,(H,31,33);;2*1H2/q-2;+1;-1;/p-1/b11-8-;;;. The number of carbonyl (C=O) groups excluding carboxylic acids is 1. The molecule has 0 aliphatic heterocycles. The van der Waals surface area contributed by atoms with Gasteiger partial charge in [-0.2, -0.15) is 13.2 Å². The number of allylic oxidation sites excluding steroid dienone is 1. The predicted octanol–water partition coefficient (Wildman–Crippen LogP) is 4.25. The first-order valence-corrected chi connectivity index (χ1v) is 11.6. The monoisotopic (exact) mass is 524 g/mol. The maximum atomic E-state index is 12.7. The fourth-order valence-corrected chi connectivity index (χ4v) is 3.44. The van der Waals surface area contributed by atoms with Crippen LogP contribution in [0.2, 0.25) is 0 Å². The molecule has 0 saturated heterocycles. The minimum Gasteiger partial charge on any atom is -0.870 e. The molecule has 1 aromatic heterocycles. The van der Waals surface area contributed by atoms with E-state index in [2.05, 4.69) is 51.1 Å². The van der Waals surface area contributed by atoms with Crippen LogP contribution in [0.25, 0.3) is 29.6 Å². The second-order valence-corrected chi connectivity index (χ2v) is 8.38. The van der Waals surface area contributed by atoms with Gasteiger partial charge in [0.2, 0.25) is 0 Å². The molecule has 0 spiro atoms. The van der Waals surface area contributed by atoms with Crippen molar-refractivity contribution in [3.05, 3.63) is 108 Å². The molecule has 0 aliphatic carbocycles. The van der Waals surface area contributed by atoms with Crippen LogP contribution in [0.4, 0.5) is 0 Å². The van der Waals surface area contributed by atoms with Gasteiger partial charge in [0.25, 0.3) is 5.91 Å². The molecule has 3 rings (SSSR count). The van der Waals surface area contributed by atoms with Gasteiger partial charge in [-0.25, -0.2) is 0 Å². The number of aryl methyl sites for hydroxylation is 1. The number of pyridine rings is 1. The number of nitrogens with zero attached hydrogens (tertiary/aromatic N) is 1. The average Bonchev–Trinajstić information content (AvgIpc) is 2.87. The maximum absolute atomic E-state index is 12.7. The third kappa shape index (κ3) is 9.94. The Balaban J connectivity index is 0.00000432. The summed E-state index contributed by atoms with van der Waals surface area (Å²) in [4.78, 5) is 17.5. The van der Waals surface area contributed by atoms with E-state index in [0.717, 1.165) is 28.8 Å². The van der Waals surface area contributed by atoms with Crippen molar-refractivity contribution in [2.45, 2.75) is 33.6 Å². The maximum Gasteiger partial charge on any atom is 1.00 e. The number of ether oxygens (including phenoxy) is 1. The van der Waals surface area contributed by atoms with Crippen molar-refractivity contribution in [2.75, 3.05) is 6.54 Å². The topological polar surface area (TPSA) is 115 Å². The molecule has 6 nitrogen and oxygen atoms in total. The van der Waals surface area contributed by atoms with Gasteiger partial charge in [-0.05, 0) is 54.0 Å². The summed E-state index contributed by atoms with van der Waals surface area (Å²) in [6.45, 7) is 10.7. The molecule has 4 N–H and O–H groups in total. The third-order valence-corrected chi connectivity index (χ3v) is 5.79. The normalized spacial score (nSPS) is 10.9. The predicted molar refractivity (Wildman–Crippen MR) is 148 cm³/mol. The van der Waals surface area contributed by atoms with Crippen molar-refractivity contribution in [3.8, 4) is 17.0 Å². The molecule has 0 fully saturated rings. The molecule has 3 aromatic rings. The van der Waals surface area contributed by atoms with Gasteiger partial charge in [0.15, 0.2) is 0 Å². The van der Waals surface area contributed by atoms with Crippen LogP contribution in [0.15, 0.2) is 61.2 Å². The van der Waals surface area contributed by atoms with Crippen LogP contribution in [-0.4, -0.2) is 22.9 Å².